The normalized spacial score (nSPS) is 21.1. The molecule has 192 valence electrons. The summed E-state index contributed by atoms with van der Waals surface area (Å²) in [5.41, 5.74) is 2.23. The molecule has 0 spiro atoms. The van der Waals surface area contributed by atoms with Gasteiger partial charge in [-0.2, -0.15) is 0 Å². The number of quaternary nitrogens is 1. The molecule has 7 heteroatoms. The monoisotopic (exact) mass is 562 g/mol. The van der Waals surface area contributed by atoms with Gasteiger partial charge in [0, 0.05) is 48.1 Å². The van der Waals surface area contributed by atoms with Crippen molar-refractivity contribution in [1.82, 2.24) is 5.32 Å². The summed E-state index contributed by atoms with van der Waals surface area (Å²) in [7, 11) is 0. The molecule has 2 fully saturated rings. The Morgan fingerprint density at radius 1 is 0.750 bits per heavy atom. The van der Waals surface area contributed by atoms with Crippen LogP contribution in [0.2, 0.25) is 0 Å². The lowest BCUT2D eigenvalue weighted by molar-refractivity contribution is -0.958. The maximum absolute atomic E-state index is 14.5. The van der Waals surface area contributed by atoms with E-state index in [1.54, 1.807) is 0 Å². The van der Waals surface area contributed by atoms with Crippen LogP contribution in [0.4, 0.5) is 17.6 Å². The quantitative estimate of drug-likeness (QED) is 0.328. The van der Waals surface area contributed by atoms with E-state index in [0.717, 1.165) is 51.0 Å². The minimum Gasteiger partial charge on any atom is -1.00 e. The molecular formula is C29H31BrF4N2. The molecule has 1 saturated carbocycles. The number of piperidine rings is 1. The molecule has 0 aromatic heterocycles. The van der Waals surface area contributed by atoms with E-state index in [1.807, 2.05) is 6.07 Å². The van der Waals surface area contributed by atoms with Crippen LogP contribution in [0.3, 0.4) is 0 Å². The molecule has 2 unspecified atom stereocenters. The summed E-state index contributed by atoms with van der Waals surface area (Å²) in [6.07, 6.45) is 3.02. The number of hydrogen-bond donors (Lipinski definition) is 1. The molecule has 3 aromatic carbocycles. The largest absolute Gasteiger partial charge is 1.00 e. The minimum absolute atomic E-state index is 0. The van der Waals surface area contributed by atoms with Gasteiger partial charge in [-0.3, -0.25) is 0 Å². The second kappa shape index (κ2) is 11.4. The van der Waals surface area contributed by atoms with Crippen LogP contribution in [-0.2, 0) is 13.1 Å². The van der Waals surface area contributed by atoms with Crippen molar-refractivity contribution in [2.75, 3.05) is 19.6 Å². The molecule has 0 radical (unpaired) electrons. The van der Waals surface area contributed by atoms with E-state index in [9.17, 15) is 17.6 Å². The molecule has 0 amide bonds. The maximum Gasteiger partial charge on any atom is 0.134 e. The number of likely N-dealkylation sites (tertiary alicyclic amines) is 1. The molecular weight excluding hydrogens is 532 g/mol. The van der Waals surface area contributed by atoms with Crippen molar-refractivity contribution in [3.8, 4) is 0 Å². The number of benzene rings is 3. The molecule has 1 N–H and O–H groups in total. The second-order valence-electron chi connectivity index (χ2n) is 10.3. The lowest BCUT2D eigenvalue weighted by atomic mass is 9.93. The Kier molecular flexibility index (Phi) is 8.53. The number of halogens is 5. The van der Waals surface area contributed by atoms with Gasteiger partial charge in [0.15, 0.2) is 0 Å². The first-order valence-electron chi connectivity index (χ1n) is 12.4. The second-order valence-corrected chi connectivity index (χ2v) is 10.3. The first-order valence-corrected chi connectivity index (χ1v) is 12.4. The minimum atomic E-state index is -0.610. The molecule has 36 heavy (non-hydrogen) atoms. The van der Waals surface area contributed by atoms with Gasteiger partial charge < -0.3 is 26.8 Å². The van der Waals surface area contributed by atoms with E-state index in [1.165, 1.54) is 29.8 Å². The first-order chi connectivity index (χ1) is 16.9. The van der Waals surface area contributed by atoms with Crippen molar-refractivity contribution >= 4 is 0 Å². The summed E-state index contributed by atoms with van der Waals surface area (Å²) < 4.78 is 56.5. The predicted octanol–water partition coefficient (Wildman–Crippen LogP) is 3.32. The van der Waals surface area contributed by atoms with Crippen molar-refractivity contribution in [3.05, 3.63) is 107 Å². The van der Waals surface area contributed by atoms with E-state index in [4.69, 9.17) is 0 Å². The molecule has 1 aliphatic heterocycles. The van der Waals surface area contributed by atoms with Crippen molar-refractivity contribution in [1.29, 1.82) is 0 Å². The molecule has 0 bridgehead atoms. The van der Waals surface area contributed by atoms with E-state index >= 15 is 0 Å². The molecule has 1 heterocycles. The SMILES string of the molecule is Fc1ccc(C[N+]2(Cc3ccc(F)cc3F)CCC(CNC3CC3c3ccccc3)CC2)c(F)c1.[Br-]. The Morgan fingerprint density at radius 3 is 1.83 bits per heavy atom. The fourth-order valence-electron chi connectivity index (χ4n) is 5.58. The van der Waals surface area contributed by atoms with Crippen LogP contribution >= 0.6 is 0 Å². The third-order valence-electron chi connectivity index (χ3n) is 7.75. The third-order valence-corrected chi connectivity index (χ3v) is 7.75. The lowest BCUT2D eigenvalue weighted by Crippen LogP contribution is -3.00. The lowest BCUT2D eigenvalue weighted by Gasteiger charge is -2.44. The van der Waals surface area contributed by atoms with Crippen molar-refractivity contribution in [2.24, 2.45) is 5.92 Å². The van der Waals surface area contributed by atoms with E-state index in [-0.39, 0.29) is 17.0 Å². The smallest absolute Gasteiger partial charge is 0.134 e. The van der Waals surface area contributed by atoms with Crippen LogP contribution in [0.25, 0.3) is 0 Å². The number of hydrogen-bond acceptors (Lipinski definition) is 1. The van der Waals surface area contributed by atoms with Crippen LogP contribution in [0.1, 0.15) is 41.9 Å². The highest BCUT2D eigenvalue weighted by molar-refractivity contribution is 5.27. The van der Waals surface area contributed by atoms with Gasteiger partial charge >= 0.3 is 0 Å². The average molecular weight is 563 g/mol. The summed E-state index contributed by atoms with van der Waals surface area (Å²) in [6, 6.07) is 18.4. The predicted molar refractivity (Wildman–Crippen MR) is 128 cm³/mol. The number of nitrogens with zero attached hydrogens (tertiary/aromatic N) is 1. The Balaban J connectivity index is 0.00000304. The van der Waals surface area contributed by atoms with Crippen molar-refractivity contribution < 1.29 is 39.0 Å². The summed E-state index contributed by atoms with van der Waals surface area (Å²) in [5, 5.41) is 3.72. The van der Waals surface area contributed by atoms with Crippen molar-refractivity contribution in [3.63, 3.8) is 0 Å². The van der Waals surface area contributed by atoms with Gasteiger partial charge in [0.1, 0.15) is 36.4 Å². The molecule has 2 nitrogen and oxygen atoms in total. The van der Waals surface area contributed by atoms with Gasteiger partial charge in [0.05, 0.1) is 13.1 Å². The topological polar surface area (TPSA) is 12.0 Å². The van der Waals surface area contributed by atoms with E-state index in [2.05, 4.69) is 29.6 Å². The standard InChI is InChI=1S/C29H31F4N2.BrH/c30-24-8-6-22(27(32)14-24)18-35(19-23-7-9-25(31)15-28(23)33)12-10-20(11-13-35)17-34-29-16-26(29)21-4-2-1-3-5-21;/h1-9,14-15,20,26,29,34H,10-13,16-19H2;1H/q+1;/p-1. The Bertz CT molecular complexity index is 1110. The van der Waals surface area contributed by atoms with Gasteiger partial charge in [-0.05, 0) is 48.7 Å². The van der Waals surface area contributed by atoms with Gasteiger partial charge in [-0.25, -0.2) is 17.6 Å². The molecule has 1 aliphatic carbocycles. The fraction of sp³-hybridized carbons (Fsp3) is 0.379. The average Bonchev–Trinajstić information content (AvgIpc) is 3.63. The zero-order valence-electron chi connectivity index (χ0n) is 20.1. The Labute approximate surface area is 220 Å². The zero-order chi connectivity index (χ0) is 24.4. The number of rotatable bonds is 8. The summed E-state index contributed by atoms with van der Waals surface area (Å²) in [6.45, 7) is 3.15. The summed E-state index contributed by atoms with van der Waals surface area (Å²) in [4.78, 5) is 0. The van der Waals surface area contributed by atoms with Crippen LogP contribution < -0.4 is 22.3 Å². The summed E-state index contributed by atoms with van der Waals surface area (Å²) in [5.74, 6) is -1.30. The van der Waals surface area contributed by atoms with Crippen LogP contribution in [0, 0.1) is 29.2 Å². The number of nitrogens with one attached hydrogen (secondary N) is 1. The van der Waals surface area contributed by atoms with Gasteiger partial charge in [0.2, 0.25) is 0 Å². The van der Waals surface area contributed by atoms with E-state index in [0.29, 0.717) is 46.6 Å². The third kappa shape index (κ3) is 6.36. The van der Waals surface area contributed by atoms with Crippen LogP contribution in [-0.4, -0.2) is 30.2 Å². The molecule has 3 aromatic rings. The van der Waals surface area contributed by atoms with E-state index < -0.39 is 23.3 Å². The van der Waals surface area contributed by atoms with Crippen molar-refractivity contribution in [2.45, 2.75) is 44.3 Å². The highest BCUT2D eigenvalue weighted by atomic mass is 79.9. The van der Waals surface area contributed by atoms with Gasteiger partial charge in [-0.1, -0.05) is 30.3 Å². The summed E-state index contributed by atoms with van der Waals surface area (Å²) >= 11 is 0. The van der Waals surface area contributed by atoms with Crippen LogP contribution in [0.5, 0.6) is 0 Å². The molecule has 5 rings (SSSR count). The highest BCUT2D eigenvalue weighted by Crippen LogP contribution is 2.41. The highest BCUT2D eigenvalue weighted by Gasteiger charge is 2.40. The maximum atomic E-state index is 14.5. The first kappa shape index (κ1) is 26.8. The van der Waals surface area contributed by atoms with Gasteiger partial charge in [0.25, 0.3) is 0 Å². The fourth-order valence-corrected chi connectivity index (χ4v) is 5.58. The van der Waals surface area contributed by atoms with Crippen LogP contribution in [0.15, 0.2) is 66.7 Å². The Morgan fingerprint density at radius 2 is 1.31 bits per heavy atom. The van der Waals surface area contributed by atoms with Gasteiger partial charge in [-0.15, -0.1) is 0 Å². The zero-order valence-corrected chi connectivity index (χ0v) is 21.7. The molecule has 1 saturated heterocycles. The Hall–Kier alpha value is -2.22. The molecule has 2 aliphatic rings. The molecule has 2 atom stereocenters.